The molecular formula is C11H10BrFO. The molecule has 1 atom stereocenters. The molecule has 0 amide bonds. The van der Waals surface area contributed by atoms with E-state index in [1.54, 1.807) is 18.2 Å². The summed E-state index contributed by atoms with van der Waals surface area (Å²) in [5, 5.41) is 0. The van der Waals surface area contributed by atoms with E-state index in [1.807, 2.05) is 0 Å². The van der Waals surface area contributed by atoms with E-state index >= 15 is 0 Å². The number of carbonyl (C=O) groups is 1. The molecule has 74 valence electrons. The maximum atomic E-state index is 12.6. The summed E-state index contributed by atoms with van der Waals surface area (Å²) in [6.07, 6.45) is 2.91. The van der Waals surface area contributed by atoms with Crippen LogP contribution in [-0.2, 0) is 9.12 Å². The second kappa shape index (κ2) is 4.51. The number of allylic oxidation sites excluding steroid dienone is 1. The van der Waals surface area contributed by atoms with E-state index in [2.05, 4.69) is 22.5 Å². The Labute approximate surface area is 90.8 Å². The summed E-state index contributed by atoms with van der Waals surface area (Å²) in [5.41, 5.74) is 0.730. The van der Waals surface area contributed by atoms with E-state index in [0.717, 1.165) is 11.8 Å². The molecular weight excluding hydrogens is 247 g/mol. The van der Waals surface area contributed by atoms with E-state index in [9.17, 15) is 9.18 Å². The van der Waals surface area contributed by atoms with Crippen LogP contribution < -0.4 is 0 Å². The Balaban J connectivity index is 3.05. The van der Waals surface area contributed by atoms with Crippen LogP contribution in [0.3, 0.4) is 0 Å². The average molecular weight is 257 g/mol. The second-order valence-electron chi connectivity index (χ2n) is 2.98. The summed E-state index contributed by atoms with van der Waals surface area (Å²) in [7, 11) is 0. The molecule has 1 aromatic carbocycles. The fraction of sp³-hybridized carbons (Fsp3) is 0.182. The zero-order chi connectivity index (χ0) is 10.6. The lowest BCUT2D eigenvalue weighted by molar-refractivity contribution is -0.109. The van der Waals surface area contributed by atoms with Crippen LogP contribution in [0.1, 0.15) is 12.0 Å². The Bertz CT molecular complexity index is 334. The van der Waals surface area contributed by atoms with Crippen molar-refractivity contribution >= 4 is 22.2 Å². The highest BCUT2D eigenvalue weighted by atomic mass is 79.9. The molecule has 0 aliphatic heterocycles. The van der Waals surface area contributed by atoms with Crippen molar-refractivity contribution in [2.24, 2.45) is 0 Å². The van der Waals surface area contributed by atoms with Gasteiger partial charge in [-0.1, -0.05) is 34.1 Å². The van der Waals surface area contributed by atoms with Crippen molar-refractivity contribution in [3.8, 4) is 0 Å². The molecule has 0 aliphatic rings. The van der Waals surface area contributed by atoms with Gasteiger partial charge >= 0.3 is 0 Å². The van der Waals surface area contributed by atoms with E-state index in [0.29, 0.717) is 6.42 Å². The van der Waals surface area contributed by atoms with Crippen LogP contribution in [-0.4, -0.2) is 6.29 Å². The molecule has 0 fully saturated rings. The minimum atomic E-state index is -0.775. The fourth-order valence-electron chi connectivity index (χ4n) is 1.17. The number of rotatable bonds is 4. The van der Waals surface area contributed by atoms with E-state index in [4.69, 9.17) is 0 Å². The first-order valence-corrected chi connectivity index (χ1v) is 4.94. The predicted molar refractivity (Wildman–Crippen MR) is 57.9 cm³/mol. The van der Waals surface area contributed by atoms with Crippen LogP contribution in [0.2, 0.25) is 0 Å². The van der Waals surface area contributed by atoms with Crippen molar-refractivity contribution in [3.63, 3.8) is 0 Å². The third-order valence-corrected chi connectivity index (χ3v) is 2.92. The minimum Gasteiger partial charge on any atom is -0.301 e. The Hall–Kier alpha value is -0.960. The molecule has 0 spiro atoms. The predicted octanol–water partition coefficient (Wildman–Crippen LogP) is 3.19. The van der Waals surface area contributed by atoms with Gasteiger partial charge in [0.15, 0.2) is 0 Å². The largest absolute Gasteiger partial charge is 0.301 e. The number of aldehydes is 1. The number of carbonyl (C=O) groups excluding carboxylic acids is 1. The summed E-state index contributed by atoms with van der Waals surface area (Å²) in [6, 6.07) is 5.83. The van der Waals surface area contributed by atoms with Gasteiger partial charge in [0.2, 0.25) is 0 Å². The Morgan fingerprint density at radius 1 is 1.43 bits per heavy atom. The summed E-state index contributed by atoms with van der Waals surface area (Å²) in [4.78, 5) is 10.9. The van der Waals surface area contributed by atoms with Crippen LogP contribution in [0.25, 0.3) is 0 Å². The van der Waals surface area contributed by atoms with Crippen LogP contribution in [0.15, 0.2) is 36.9 Å². The Morgan fingerprint density at radius 2 is 2.00 bits per heavy atom. The minimum absolute atomic E-state index is 0.312. The van der Waals surface area contributed by atoms with E-state index in [1.165, 1.54) is 12.1 Å². The summed E-state index contributed by atoms with van der Waals surface area (Å²) in [6.45, 7) is 3.57. The highest BCUT2D eigenvalue weighted by Gasteiger charge is 2.26. The van der Waals surface area contributed by atoms with Gasteiger partial charge in [0, 0.05) is 0 Å². The summed E-state index contributed by atoms with van der Waals surface area (Å²) >= 11 is 3.32. The van der Waals surface area contributed by atoms with Crippen LogP contribution in [0.5, 0.6) is 0 Å². The average Bonchev–Trinajstić information content (AvgIpc) is 2.19. The van der Waals surface area contributed by atoms with Gasteiger partial charge in [0.1, 0.15) is 16.4 Å². The fourth-order valence-corrected chi connectivity index (χ4v) is 1.66. The second-order valence-corrected chi connectivity index (χ2v) is 4.40. The SMILES string of the molecule is C=CCC(Br)(C=O)c1ccc(F)cc1. The normalized spacial score (nSPS) is 14.4. The monoisotopic (exact) mass is 256 g/mol. The maximum absolute atomic E-state index is 12.6. The maximum Gasteiger partial charge on any atom is 0.141 e. The van der Waals surface area contributed by atoms with Crippen LogP contribution >= 0.6 is 15.9 Å². The lowest BCUT2D eigenvalue weighted by atomic mass is 9.97. The molecule has 14 heavy (non-hydrogen) atoms. The molecule has 1 aromatic rings. The summed E-state index contributed by atoms with van der Waals surface area (Å²) in [5.74, 6) is -0.312. The van der Waals surface area contributed by atoms with Crippen molar-refractivity contribution in [2.45, 2.75) is 10.7 Å². The molecule has 0 heterocycles. The van der Waals surface area contributed by atoms with Crippen molar-refractivity contribution in [3.05, 3.63) is 48.3 Å². The van der Waals surface area contributed by atoms with Gasteiger partial charge in [-0.25, -0.2) is 4.39 Å². The van der Waals surface area contributed by atoms with Gasteiger partial charge in [0.05, 0.1) is 0 Å². The molecule has 0 bridgehead atoms. The Kier molecular flexibility index (Phi) is 3.58. The third-order valence-electron chi connectivity index (χ3n) is 1.95. The van der Waals surface area contributed by atoms with Gasteiger partial charge in [-0.2, -0.15) is 0 Å². The molecule has 1 unspecified atom stereocenters. The zero-order valence-electron chi connectivity index (χ0n) is 7.54. The Morgan fingerprint density at radius 3 is 2.43 bits per heavy atom. The van der Waals surface area contributed by atoms with Crippen molar-refractivity contribution < 1.29 is 9.18 Å². The van der Waals surface area contributed by atoms with Crippen molar-refractivity contribution in [2.75, 3.05) is 0 Å². The van der Waals surface area contributed by atoms with Crippen LogP contribution in [0, 0.1) is 5.82 Å². The number of alkyl halides is 1. The molecule has 1 nitrogen and oxygen atoms in total. The van der Waals surface area contributed by atoms with Crippen molar-refractivity contribution in [1.29, 1.82) is 0 Å². The van der Waals surface area contributed by atoms with Crippen molar-refractivity contribution in [1.82, 2.24) is 0 Å². The number of hydrogen-bond acceptors (Lipinski definition) is 1. The molecule has 0 saturated heterocycles. The smallest absolute Gasteiger partial charge is 0.141 e. The topological polar surface area (TPSA) is 17.1 Å². The van der Waals surface area contributed by atoms with Crippen LogP contribution in [0.4, 0.5) is 4.39 Å². The number of halogens is 2. The van der Waals surface area contributed by atoms with Gasteiger partial charge in [-0.15, -0.1) is 6.58 Å². The van der Waals surface area contributed by atoms with E-state index in [-0.39, 0.29) is 5.82 Å². The molecule has 1 rings (SSSR count). The highest BCUT2D eigenvalue weighted by Crippen LogP contribution is 2.33. The summed E-state index contributed by atoms with van der Waals surface area (Å²) < 4.78 is 11.9. The standard InChI is InChI=1S/C11H10BrFO/c1-2-7-11(12,8-14)9-3-5-10(13)6-4-9/h2-6,8H,1,7H2. The number of hydrogen-bond donors (Lipinski definition) is 0. The zero-order valence-corrected chi connectivity index (χ0v) is 9.13. The molecule has 0 aromatic heterocycles. The molecule has 0 radical (unpaired) electrons. The first-order chi connectivity index (χ1) is 6.62. The lowest BCUT2D eigenvalue weighted by Crippen LogP contribution is -2.18. The van der Waals surface area contributed by atoms with Gasteiger partial charge in [-0.05, 0) is 24.1 Å². The van der Waals surface area contributed by atoms with Gasteiger partial charge in [0.25, 0.3) is 0 Å². The lowest BCUT2D eigenvalue weighted by Gasteiger charge is -2.19. The molecule has 0 aliphatic carbocycles. The first kappa shape index (κ1) is 11.1. The third kappa shape index (κ3) is 2.29. The molecule has 0 saturated carbocycles. The van der Waals surface area contributed by atoms with Gasteiger partial charge < -0.3 is 4.79 Å². The quantitative estimate of drug-likeness (QED) is 0.460. The van der Waals surface area contributed by atoms with E-state index < -0.39 is 4.32 Å². The number of benzene rings is 1. The molecule has 3 heteroatoms. The van der Waals surface area contributed by atoms with Gasteiger partial charge in [-0.3, -0.25) is 0 Å². The first-order valence-electron chi connectivity index (χ1n) is 4.14. The molecule has 0 N–H and O–H groups in total. The highest BCUT2D eigenvalue weighted by molar-refractivity contribution is 9.10.